The minimum atomic E-state index is -3.31. The standard InChI is InChI=1S/C21H16FN5O/c1-21(2,28)18-12-25-27-17(11-24-20(27)26-18)13-5-3-6-14(9-13)19-15(10-23)7-4-8-16(19)22/h3-9,11-12,28H,1-2H3/i1D3,2D3. The van der Waals surface area contributed by atoms with Gasteiger partial charge in [-0.25, -0.2) is 14.4 Å². The molecule has 0 atom stereocenters. The maximum atomic E-state index is 14.5. The van der Waals surface area contributed by atoms with Crippen LogP contribution >= 0.6 is 0 Å². The van der Waals surface area contributed by atoms with Gasteiger partial charge in [0.05, 0.1) is 35.4 Å². The number of nitriles is 1. The van der Waals surface area contributed by atoms with Crippen molar-refractivity contribution in [1.82, 2.24) is 19.6 Å². The molecule has 0 radical (unpaired) electrons. The first-order chi connectivity index (χ1) is 15.9. The van der Waals surface area contributed by atoms with Crippen molar-refractivity contribution >= 4 is 5.78 Å². The van der Waals surface area contributed by atoms with E-state index in [4.69, 9.17) is 8.22 Å². The molecule has 2 aromatic heterocycles. The van der Waals surface area contributed by atoms with Crippen LogP contribution in [-0.4, -0.2) is 24.7 Å². The van der Waals surface area contributed by atoms with Crippen LogP contribution < -0.4 is 0 Å². The second-order valence-corrected chi connectivity index (χ2v) is 6.06. The topological polar surface area (TPSA) is 87.1 Å². The smallest absolute Gasteiger partial charge is 0.251 e. The fraction of sp³-hybridized carbons (Fsp3) is 0.143. The first-order valence-electron chi connectivity index (χ1n) is 11.1. The lowest BCUT2D eigenvalue weighted by Crippen LogP contribution is -2.19. The Hall–Kier alpha value is -3.63. The molecule has 2 aromatic carbocycles. The van der Waals surface area contributed by atoms with Gasteiger partial charge in [0.15, 0.2) is 0 Å². The van der Waals surface area contributed by atoms with Gasteiger partial charge in [-0.05, 0) is 37.5 Å². The van der Waals surface area contributed by atoms with Crippen molar-refractivity contribution in [1.29, 1.82) is 5.26 Å². The lowest BCUT2D eigenvalue weighted by molar-refractivity contribution is 0.0734. The van der Waals surface area contributed by atoms with Crippen LogP contribution in [0.5, 0.6) is 0 Å². The SMILES string of the molecule is [2H]C([2H])([2H])C(O)(c1cnn2c(-c3cccc(-c4c(F)cccc4C#N)c3)cnc2n1)C([2H])([2H])[2H]. The zero-order chi connectivity index (χ0) is 24.9. The molecule has 4 aromatic rings. The molecule has 0 saturated carbocycles. The van der Waals surface area contributed by atoms with Gasteiger partial charge in [0.2, 0.25) is 0 Å². The molecule has 0 bridgehead atoms. The summed E-state index contributed by atoms with van der Waals surface area (Å²) in [7, 11) is 0. The van der Waals surface area contributed by atoms with Crippen molar-refractivity contribution in [3.63, 3.8) is 0 Å². The predicted octanol–water partition coefficient (Wildman–Crippen LogP) is 3.70. The van der Waals surface area contributed by atoms with Crippen LogP contribution in [-0.2, 0) is 5.60 Å². The molecule has 0 spiro atoms. The zero-order valence-electron chi connectivity index (χ0n) is 20.3. The van der Waals surface area contributed by atoms with Crippen LogP contribution in [0.3, 0.4) is 0 Å². The Balaban J connectivity index is 1.84. The van der Waals surface area contributed by atoms with Crippen LogP contribution in [0.4, 0.5) is 4.39 Å². The number of benzene rings is 2. The molecule has 7 heteroatoms. The van der Waals surface area contributed by atoms with Crippen LogP contribution in [0.1, 0.15) is 33.2 Å². The molecule has 4 rings (SSSR count). The lowest BCUT2D eigenvalue weighted by Gasteiger charge is -2.15. The molecule has 0 unspecified atom stereocenters. The van der Waals surface area contributed by atoms with E-state index in [1.165, 1.54) is 28.9 Å². The Morgan fingerprint density at radius 3 is 2.75 bits per heavy atom. The van der Waals surface area contributed by atoms with E-state index < -0.39 is 30.8 Å². The van der Waals surface area contributed by atoms with Crippen molar-refractivity contribution in [3.8, 4) is 28.5 Å². The highest BCUT2D eigenvalue weighted by molar-refractivity contribution is 5.76. The van der Waals surface area contributed by atoms with Crippen LogP contribution in [0, 0.1) is 17.1 Å². The Kier molecular flexibility index (Phi) is 2.78. The molecule has 1 N–H and O–H groups in total. The molecule has 2 heterocycles. The highest BCUT2D eigenvalue weighted by atomic mass is 19.1. The van der Waals surface area contributed by atoms with E-state index in [-0.39, 0.29) is 16.9 Å². The van der Waals surface area contributed by atoms with Gasteiger partial charge in [-0.1, -0.05) is 24.3 Å². The highest BCUT2D eigenvalue weighted by Crippen LogP contribution is 2.30. The number of aromatic nitrogens is 4. The first kappa shape index (κ1) is 12.0. The molecular formula is C21H16FN5O. The van der Waals surface area contributed by atoms with Crippen molar-refractivity contribution in [3.05, 3.63) is 71.9 Å². The molecule has 6 nitrogen and oxygen atoms in total. The Labute approximate surface area is 169 Å². The quantitative estimate of drug-likeness (QED) is 0.586. The van der Waals surface area contributed by atoms with Gasteiger partial charge in [0.25, 0.3) is 5.78 Å². The van der Waals surface area contributed by atoms with Crippen molar-refractivity contribution < 1.29 is 17.7 Å². The fourth-order valence-electron chi connectivity index (χ4n) is 2.89. The third kappa shape index (κ3) is 3.00. The van der Waals surface area contributed by atoms with E-state index in [1.807, 2.05) is 6.07 Å². The van der Waals surface area contributed by atoms with Gasteiger partial charge in [-0.3, -0.25) is 0 Å². The Bertz CT molecular complexity index is 1430. The highest BCUT2D eigenvalue weighted by Gasteiger charge is 2.20. The van der Waals surface area contributed by atoms with Gasteiger partial charge >= 0.3 is 0 Å². The number of hydrogen-bond acceptors (Lipinski definition) is 5. The minimum absolute atomic E-state index is 0.134. The maximum Gasteiger partial charge on any atom is 0.251 e. The second kappa shape index (κ2) is 6.51. The van der Waals surface area contributed by atoms with E-state index in [2.05, 4.69) is 15.1 Å². The molecule has 138 valence electrons. The molecule has 0 fully saturated rings. The summed E-state index contributed by atoms with van der Waals surface area (Å²) in [5.74, 6) is -0.708. The number of hydrogen-bond donors (Lipinski definition) is 1. The summed E-state index contributed by atoms with van der Waals surface area (Å²) in [5.41, 5.74) is -2.28. The Morgan fingerprint density at radius 1 is 1.18 bits per heavy atom. The molecule has 0 amide bonds. The summed E-state index contributed by atoms with van der Waals surface area (Å²) >= 11 is 0. The summed E-state index contributed by atoms with van der Waals surface area (Å²) < 4.78 is 61.1. The minimum Gasteiger partial charge on any atom is -0.384 e. The van der Waals surface area contributed by atoms with E-state index in [9.17, 15) is 14.8 Å². The van der Waals surface area contributed by atoms with Crippen LogP contribution in [0.25, 0.3) is 28.2 Å². The first-order valence-corrected chi connectivity index (χ1v) is 8.11. The summed E-state index contributed by atoms with van der Waals surface area (Å²) in [6.45, 7) is -6.62. The number of imidazole rings is 1. The summed E-state index contributed by atoms with van der Waals surface area (Å²) in [4.78, 5) is 8.04. The summed E-state index contributed by atoms with van der Waals surface area (Å²) in [5, 5.41) is 24.1. The lowest BCUT2D eigenvalue weighted by atomic mass is 9.97. The number of rotatable bonds is 3. The van der Waals surface area contributed by atoms with Gasteiger partial charge in [-0.2, -0.15) is 14.9 Å². The average molecular weight is 379 g/mol. The zero-order valence-corrected chi connectivity index (χ0v) is 14.3. The number of aliphatic hydroxyl groups is 1. The molecule has 0 saturated heterocycles. The van der Waals surface area contributed by atoms with Gasteiger partial charge in [-0.15, -0.1) is 0 Å². The number of nitrogens with zero attached hydrogens (tertiary/aromatic N) is 5. The van der Waals surface area contributed by atoms with Crippen LogP contribution in [0.2, 0.25) is 0 Å². The third-order valence-corrected chi connectivity index (χ3v) is 4.19. The molecule has 0 aliphatic heterocycles. The molecular weight excluding hydrogens is 357 g/mol. The fourth-order valence-corrected chi connectivity index (χ4v) is 2.89. The van der Waals surface area contributed by atoms with Crippen molar-refractivity contribution in [2.75, 3.05) is 0 Å². The van der Waals surface area contributed by atoms with E-state index in [1.54, 1.807) is 24.3 Å². The van der Waals surface area contributed by atoms with E-state index in [0.29, 0.717) is 16.8 Å². The predicted molar refractivity (Wildman–Crippen MR) is 102 cm³/mol. The largest absolute Gasteiger partial charge is 0.384 e. The number of fused-ring (bicyclic) bond motifs is 1. The molecule has 0 aliphatic carbocycles. The van der Waals surface area contributed by atoms with Crippen molar-refractivity contribution in [2.24, 2.45) is 0 Å². The summed E-state index contributed by atoms with van der Waals surface area (Å²) in [6, 6.07) is 12.8. The van der Waals surface area contributed by atoms with E-state index in [0.717, 1.165) is 6.20 Å². The maximum absolute atomic E-state index is 14.5. The Morgan fingerprint density at radius 2 is 1.96 bits per heavy atom. The average Bonchev–Trinajstić information content (AvgIpc) is 3.20. The molecule has 0 aliphatic rings. The van der Waals surface area contributed by atoms with Gasteiger partial charge < -0.3 is 5.11 Å². The second-order valence-electron chi connectivity index (χ2n) is 6.06. The van der Waals surface area contributed by atoms with Gasteiger partial charge in [0.1, 0.15) is 11.4 Å². The van der Waals surface area contributed by atoms with Crippen LogP contribution in [0.15, 0.2) is 54.9 Å². The normalized spacial score (nSPS) is 15.6. The summed E-state index contributed by atoms with van der Waals surface area (Å²) in [6.07, 6.45) is 2.24. The third-order valence-electron chi connectivity index (χ3n) is 4.19. The van der Waals surface area contributed by atoms with E-state index >= 15 is 0 Å². The van der Waals surface area contributed by atoms with Gasteiger partial charge in [0, 0.05) is 19.4 Å². The monoisotopic (exact) mass is 379 g/mol. The van der Waals surface area contributed by atoms with Crippen molar-refractivity contribution in [2.45, 2.75) is 19.3 Å². The number of halogens is 1. The molecule has 28 heavy (non-hydrogen) atoms.